The Morgan fingerprint density at radius 3 is 2.55 bits per heavy atom. The molecule has 0 atom stereocenters. The molecule has 1 aliphatic rings. The second-order valence-corrected chi connectivity index (χ2v) is 7.90. The second-order valence-electron chi connectivity index (χ2n) is 6.10. The van der Waals surface area contributed by atoms with Crippen LogP contribution in [0.5, 0.6) is 0 Å². The van der Waals surface area contributed by atoms with Crippen LogP contribution >= 0.6 is 11.8 Å². The monoisotopic (exact) mass is 302 g/mol. The highest BCUT2D eigenvalue weighted by atomic mass is 32.2. The quantitative estimate of drug-likeness (QED) is 0.847. The summed E-state index contributed by atoms with van der Waals surface area (Å²) in [4.78, 5) is 26.9. The van der Waals surface area contributed by atoms with Crippen molar-refractivity contribution in [1.29, 1.82) is 0 Å². The highest BCUT2D eigenvalue weighted by molar-refractivity contribution is 8.00. The fourth-order valence-electron chi connectivity index (χ4n) is 2.34. The molecule has 20 heavy (non-hydrogen) atoms. The maximum atomic E-state index is 12.6. The second kappa shape index (κ2) is 7.20. The Balaban J connectivity index is 2.61. The van der Waals surface area contributed by atoms with Gasteiger partial charge in [0.25, 0.3) is 0 Å². The number of carboxylic acid groups (broad SMARTS) is 1. The number of carboxylic acids is 1. The van der Waals surface area contributed by atoms with Gasteiger partial charge in [0.15, 0.2) is 0 Å². The number of carbonyl (C=O) groups excluding carboxylic acids is 1. The van der Waals surface area contributed by atoms with E-state index in [2.05, 4.69) is 13.8 Å². The van der Waals surface area contributed by atoms with Crippen LogP contribution in [0.3, 0.4) is 0 Å². The third kappa shape index (κ3) is 5.23. The Bertz CT molecular complexity index is 358. The van der Waals surface area contributed by atoms with Crippen molar-refractivity contribution in [3.05, 3.63) is 0 Å². The van der Waals surface area contributed by atoms with E-state index in [1.54, 1.807) is 4.90 Å². The van der Waals surface area contributed by atoms with Crippen LogP contribution in [0, 0.1) is 0 Å². The maximum absolute atomic E-state index is 12.6. The molecule has 0 aromatic heterocycles. The molecule has 1 fully saturated rings. The van der Waals surface area contributed by atoms with Crippen molar-refractivity contribution in [2.24, 2.45) is 0 Å². The molecule has 0 aliphatic carbocycles. The first-order valence-corrected chi connectivity index (χ1v) is 8.13. The van der Waals surface area contributed by atoms with Gasteiger partial charge in [-0.15, -0.1) is 0 Å². The highest BCUT2D eigenvalue weighted by Gasteiger charge is 2.32. The van der Waals surface area contributed by atoms with Gasteiger partial charge in [-0.05, 0) is 34.1 Å². The zero-order valence-corrected chi connectivity index (χ0v) is 13.7. The van der Waals surface area contributed by atoms with Crippen LogP contribution in [-0.4, -0.2) is 63.1 Å². The standard InChI is InChI=1S/C14H26N2O3S/c1-11(2)16(7-5-6-12(17)18)13(19)15-8-9-20-14(3,4)10-15/h11H,5-10H2,1-4H3,(H,17,18). The zero-order valence-electron chi connectivity index (χ0n) is 12.9. The van der Waals surface area contributed by atoms with E-state index in [1.165, 1.54) is 0 Å². The summed E-state index contributed by atoms with van der Waals surface area (Å²) in [6.07, 6.45) is 0.614. The molecule has 2 amide bonds. The van der Waals surface area contributed by atoms with E-state index >= 15 is 0 Å². The van der Waals surface area contributed by atoms with Gasteiger partial charge in [0.05, 0.1) is 0 Å². The van der Waals surface area contributed by atoms with E-state index in [0.29, 0.717) is 13.0 Å². The molecule has 116 valence electrons. The number of rotatable bonds is 5. The Morgan fingerprint density at radius 1 is 1.40 bits per heavy atom. The number of aliphatic carboxylic acids is 1. The van der Waals surface area contributed by atoms with Crippen LogP contribution in [-0.2, 0) is 4.79 Å². The van der Waals surface area contributed by atoms with Crippen LogP contribution in [0.2, 0.25) is 0 Å². The zero-order chi connectivity index (χ0) is 15.3. The number of hydrogen-bond donors (Lipinski definition) is 1. The lowest BCUT2D eigenvalue weighted by molar-refractivity contribution is -0.137. The van der Waals surface area contributed by atoms with Crippen LogP contribution < -0.4 is 0 Å². The van der Waals surface area contributed by atoms with E-state index in [1.807, 2.05) is 30.5 Å². The normalized spacial score (nSPS) is 18.1. The van der Waals surface area contributed by atoms with Crippen molar-refractivity contribution in [1.82, 2.24) is 9.80 Å². The van der Waals surface area contributed by atoms with Gasteiger partial charge in [0.1, 0.15) is 0 Å². The molecule has 5 nitrogen and oxygen atoms in total. The first kappa shape index (κ1) is 17.1. The fraction of sp³-hybridized carbons (Fsp3) is 0.857. The summed E-state index contributed by atoms with van der Waals surface area (Å²) in [6.45, 7) is 10.3. The summed E-state index contributed by atoms with van der Waals surface area (Å²) in [7, 11) is 0. The minimum Gasteiger partial charge on any atom is -0.481 e. The number of thioether (sulfide) groups is 1. The molecule has 1 N–H and O–H groups in total. The fourth-order valence-corrected chi connectivity index (χ4v) is 3.45. The lowest BCUT2D eigenvalue weighted by Gasteiger charge is -2.41. The van der Waals surface area contributed by atoms with Crippen molar-refractivity contribution in [3.8, 4) is 0 Å². The first-order valence-electron chi connectivity index (χ1n) is 7.14. The van der Waals surface area contributed by atoms with Gasteiger partial charge in [0, 0.05) is 42.6 Å². The maximum Gasteiger partial charge on any atom is 0.320 e. The third-order valence-electron chi connectivity index (χ3n) is 3.35. The number of nitrogens with zero attached hydrogens (tertiary/aromatic N) is 2. The van der Waals surface area contributed by atoms with Crippen molar-refractivity contribution in [2.75, 3.05) is 25.4 Å². The summed E-state index contributed by atoms with van der Waals surface area (Å²) >= 11 is 1.89. The molecule has 0 bridgehead atoms. The average Bonchev–Trinajstić information content (AvgIpc) is 2.31. The van der Waals surface area contributed by atoms with Gasteiger partial charge in [-0.25, -0.2) is 4.79 Å². The van der Waals surface area contributed by atoms with Gasteiger partial charge < -0.3 is 14.9 Å². The predicted molar refractivity (Wildman–Crippen MR) is 82.2 cm³/mol. The Labute approximate surface area is 125 Å². The molecule has 0 saturated carbocycles. The van der Waals surface area contributed by atoms with Crippen molar-refractivity contribution >= 4 is 23.8 Å². The van der Waals surface area contributed by atoms with Gasteiger partial charge in [0.2, 0.25) is 0 Å². The van der Waals surface area contributed by atoms with E-state index in [4.69, 9.17) is 5.11 Å². The molecule has 0 spiro atoms. The van der Waals surface area contributed by atoms with Gasteiger partial charge in [-0.1, -0.05) is 0 Å². The number of amides is 2. The number of carbonyl (C=O) groups is 2. The van der Waals surface area contributed by atoms with Crippen molar-refractivity contribution in [2.45, 2.75) is 51.3 Å². The summed E-state index contributed by atoms with van der Waals surface area (Å²) in [5.41, 5.74) is 0. The highest BCUT2D eigenvalue weighted by Crippen LogP contribution is 2.30. The average molecular weight is 302 g/mol. The predicted octanol–water partition coefficient (Wildman–Crippen LogP) is 2.51. The van der Waals surface area contributed by atoms with Crippen LogP contribution in [0.1, 0.15) is 40.5 Å². The Hall–Kier alpha value is -0.910. The largest absolute Gasteiger partial charge is 0.481 e. The molecule has 1 aliphatic heterocycles. The number of urea groups is 1. The Morgan fingerprint density at radius 2 is 2.05 bits per heavy atom. The van der Waals surface area contributed by atoms with Crippen LogP contribution in [0.4, 0.5) is 4.79 Å². The molecular weight excluding hydrogens is 276 g/mol. The molecule has 1 rings (SSSR count). The van der Waals surface area contributed by atoms with Crippen LogP contribution in [0.15, 0.2) is 0 Å². The van der Waals surface area contributed by atoms with E-state index in [-0.39, 0.29) is 23.2 Å². The molecule has 0 aromatic rings. The lowest BCUT2D eigenvalue weighted by Crippen LogP contribution is -2.53. The van der Waals surface area contributed by atoms with Crippen LogP contribution in [0.25, 0.3) is 0 Å². The van der Waals surface area contributed by atoms with E-state index < -0.39 is 5.97 Å². The minimum atomic E-state index is -0.809. The lowest BCUT2D eigenvalue weighted by atomic mass is 10.2. The Kier molecular flexibility index (Phi) is 6.17. The first-order chi connectivity index (χ1) is 9.23. The molecule has 0 radical (unpaired) electrons. The summed E-state index contributed by atoms with van der Waals surface area (Å²) < 4.78 is 0.0949. The van der Waals surface area contributed by atoms with Gasteiger partial charge in [-0.3, -0.25) is 4.79 Å². The smallest absolute Gasteiger partial charge is 0.320 e. The summed E-state index contributed by atoms with van der Waals surface area (Å²) in [5.74, 6) is 0.149. The van der Waals surface area contributed by atoms with E-state index in [0.717, 1.165) is 18.8 Å². The number of hydrogen-bond acceptors (Lipinski definition) is 3. The SMILES string of the molecule is CC(C)N(CCCC(=O)O)C(=O)N1CCSC(C)(C)C1. The molecular formula is C14H26N2O3S. The molecule has 1 saturated heterocycles. The molecule has 0 aromatic carbocycles. The summed E-state index contributed by atoms with van der Waals surface area (Å²) in [6, 6.07) is 0.132. The van der Waals surface area contributed by atoms with E-state index in [9.17, 15) is 9.59 Å². The molecule has 0 unspecified atom stereocenters. The molecule has 1 heterocycles. The molecule has 6 heteroatoms. The third-order valence-corrected chi connectivity index (χ3v) is 4.65. The van der Waals surface area contributed by atoms with Gasteiger partial charge >= 0.3 is 12.0 Å². The topological polar surface area (TPSA) is 60.9 Å². The van der Waals surface area contributed by atoms with Crippen molar-refractivity contribution in [3.63, 3.8) is 0 Å². The summed E-state index contributed by atoms with van der Waals surface area (Å²) in [5, 5.41) is 8.70. The van der Waals surface area contributed by atoms with Crippen molar-refractivity contribution < 1.29 is 14.7 Å². The minimum absolute atomic E-state index is 0.0405. The van der Waals surface area contributed by atoms with Gasteiger partial charge in [-0.2, -0.15) is 11.8 Å².